The number of pyridine rings is 1. The molecule has 2 aromatic heterocycles. The number of nitrogens with zero attached hydrogens (tertiary/aromatic N) is 3. The van der Waals surface area contributed by atoms with Gasteiger partial charge in [-0.15, -0.1) is 11.6 Å². The van der Waals surface area contributed by atoms with Gasteiger partial charge < -0.3 is 4.57 Å². The van der Waals surface area contributed by atoms with Crippen molar-refractivity contribution in [2.24, 2.45) is 0 Å². The summed E-state index contributed by atoms with van der Waals surface area (Å²) < 4.78 is 2.30. The standard InChI is InChI=1S/C16H24ClN3/c1-6-16(7-2,8-3)20-14(12(5)17)19-13-10-9-11(4)18-15(13)20/h9-10,12H,6-8H2,1-5H3. The first kappa shape index (κ1) is 15.3. The van der Waals surface area contributed by atoms with E-state index in [1.54, 1.807) is 0 Å². The average molecular weight is 294 g/mol. The van der Waals surface area contributed by atoms with E-state index in [1.807, 2.05) is 26.0 Å². The van der Waals surface area contributed by atoms with Crippen LogP contribution in [0.15, 0.2) is 12.1 Å². The molecule has 0 aliphatic carbocycles. The van der Waals surface area contributed by atoms with Crippen LogP contribution >= 0.6 is 11.6 Å². The lowest BCUT2D eigenvalue weighted by Gasteiger charge is -2.34. The first-order valence-corrected chi connectivity index (χ1v) is 7.93. The predicted molar refractivity (Wildman–Crippen MR) is 85.4 cm³/mol. The molecule has 20 heavy (non-hydrogen) atoms. The van der Waals surface area contributed by atoms with Crippen LogP contribution in [-0.4, -0.2) is 14.5 Å². The molecule has 0 fully saturated rings. The van der Waals surface area contributed by atoms with E-state index in [1.165, 1.54) is 0 Å². The van der Waals surface area contributed by atoms with E-state index < -0.39 is 0 Å². The third-order valence-electron chi connectivity index (χ3n) is 4.47. The Morgan fingerprint density at radius 2 is 1.75 bits per heavy atom. The lowest BCUT2D eigenvalue weighted by Crippen LogP contribution is -2.33. The van der Waals surface area contributed by atoms with Gasteiger partial charge in [-0.2, -0.15) is 0 Å². The Hall–Kier alpha value is -1.09. The molecule has 2 heterocycles. The summed E-state index contributed by atoms with van der Waals surface area (Å²) >= 11 is 6.39. The molecule has 1 unspecified atom stereocenters. The Morgan fingerprint density at radius 1 is 1.15 bits per heavy atom. The van der Waals surface area contributed by atoms with E-state index in [4.69, 9.17) is 21.6 Å². The summed E-state index contributed by atoms with van der Waals surface area (Å²) in [4.78, 5) is 9.46. The van der Waals surface area contributed by atoms with Gasteiger partial charge in [-0.25, -0.2) is 9.97 Å². The molecule has 0 spiro atoms. The summed E-state index contributed by atoms with van der Waals surface area (Å²) in [6.45, 7) is 10.7. The Balaban J connectivity index is 2.83. The number of fused-ring (bicyclic) bond motifs is 1. The van der Waals surface area contributed by atoms with Crippen LogP contribution in [0.3, 0.4) is 0 Å². The first-order valence-electron chi connectivity index (χ1n) is 7.49. The van der Waals surface area contributed by atoms with Gasteiger partial charge in [0.15, 0.2) is 5.65 Å². The topological polar surface area (TPSA) is 30.7 Å². The minimum absolute atomic E-state index is 0.0496. The van der Waals surface area contributed by atoms with E-state index in [2.05, 4.69) is 25.3 Å². The maximum atomic E-state index is 6.39. The fraction of sp³-hybridized carbons (Fsp3) is 0.625. The van der Waals surface area contributed by atoms with E-state index in [0.29, 0.717) is 0 Å². The molecule has 4 heteroatoms. The second-order valence-electron chi connectivity index (χ2n) is 5.50. The maximum absolute atomic E-state index is 6.39. The van der Waals surface area contributed by atoms with Gasteiger partial charge in [0.25, 0.3) is 0 Å². The molecule has 2 aromatic rings. The SMILES string of the molecule is CCC(CC)(CC)n1c(C(C)Cl)nc2ccc(C)nc21. The molecule has 0 radical (unpaired) electrons. The zero-order valence-electron chi connectivity index (χ0n) is 13.1. The monoisotopic (exact) mass is 293 g/mol. The van der Waals surface area contributed by atoms with Gasteiger partial charge in [-0.05, 0) is 45.2 Å². The Bertz CT molecular complexity index is 589. The number of halogens is 1. The van der Waals surface area contributed by atoms with Gasteiger partial charge in [-0.3, -0.25) is 0 Å². The molecule has 1 atom stereocenters. The highest BCUT2D eigenvalue weighted by atomic mass is 35.5. The lowest BCUT2D eigenvalue weighted by atomic mass is 9.89. The van der Waals surface area contributed by atoms with E-state index in [-0.39, 0.29) is 10.9 Å². The van der Waals surface area contributed by atoms with Crippen molar-refractivity contribution in [1.29, 1.82) is 0 Å². The molecule has 0 aliphatic rings. The molecular weight excluding hydrogens is 270 g/mol. The van der Waals surface area contributed by atoms with Gasteiger partial charge in [0.1, 0.15) is 11.3 Å². The van der Waals surface area contributed by atoms with Crippen molar-refractivity contribution in [2.75, 3.05) is 0 Å². The van der Waals surface area contributed by atoms with Crippen molar-refractivity contribution in [3.05, 3.63) is 23.7 Å². The summed E-state index contributed by atoms with van der Waals surface area (Å²) in [5, 5.41) is -0.117. The fourth-order valence-corrected chi connectivity index (χ4v) is 3.17. The largest absolute Gasteiger partial charge is 0.305 e. The summed E-state index contributed by atoms with van der Waals surface area (Å²) in [7, 11) is 0. The number of aromatic nitrogens is 3. The zero-order valence-corrected chi connectivity index (χ0v) is 13.8. The minimum Gasteiger partial charge on any atom is -0.305 e. The zero-order chi connectivity index (χ0) is 14.9. The van der Waals surface area contributed by atoms with Gasteiger partial charge >= 0.3 is 0 Å². The number of alkyl halides is 1. The highest BCUT2D eigenvalue weighted by Crippen LogP contribution is 2.36. The van der Waals surface area contributed by atoms with Crippen molar-refractivity contribution in [2.45, 2.75) is 64.8 Å². The van der Waals surface area contributed by atoms with Crippen LogP contribution in [0.1, 0.15) is 63.9 Å². The van der Waals surface area contributed by atoms with Crippen LogP contribution in [0.5, 0.6) is 0 Å². The predicted octanol–water partition coefficient (Wildman–Crippen LogP) is 4.96. The minimum atomic E-state index is -0.117. The van der Waals surface area contributed by atoms with Gasteiger partial charge in [0.05, 0.1) is 5.38 Å². The van der Waals surface area contributed by atoms with Gasteiger partial charge in [0.2, 0.25) is 0 Å². The van der Waals surface area contributed by atoms with Crippen molar-refractivity contribution in [1.82, 2.24) is 14.5 Å². The summed E-state index contributed by atoms with van der Waals surface area (Å²) in [5.41, 5.74) is 2.98. The quantitative estimate of drug-likeness (QED) is 0.729. The van der Waals surface area contributed by atoms with Crippen LogP contribution in [-0.2, 0) is 5.54 Å². The fourth-order valence-electron chi connectivity index (χ4n) is 3.03. The van der Waals surface area contributed by atoms with E-state index >= 15 is 0 Å². The molecule has 2 rings (SSSR count). The van der Waals surface area contributed by atoms with E-state index in [9.17, 15) is 0 Å². The van der Waals surface area contributed by atoms with Gasteiger partial charge in [-0.1, -0.05) is 20.8 Å². The molecule has 0 aliphatic heterocycles. The van der Waals surface area contributed by atoms with Crippen LogP contribution in [0.25, 0.3) is 11.2 Å². The Morgan fingerprint density at radius 3 is 2.25 bits per heavy atom. The maximum Gasteiger partial charge on any atom is 0.160 e. The summed E-state index contributed by atoms with van der Waals surface area (Å²) in [5.74, 6) is 0.935. The smallest absolute Gasteiger partial charge is 0.160 e. The second-order valence-corrected chi connectivity index (χ2v) is 6.16. The molecule has 0 N–H and O–H groups in total. The normalized spacial score (nSPS) is 13.9. The number of aryl methyl sites for hydroxylation is 1. The second kappa shape index (κ2) is 5.72. The summed E-state index contributed by atoms with van der Waals surface area (Å²) in [6.07, 6.45) is 3.16. The van der Waals surface area contributed by atoms with Crippen LogP contribution in [0.2, 0.25) is 0 Å². The summed E-state index contributed by atoms with van der Waals surface area (Å²) in [6, 6.07) is 4.05. The molecule has 0 bridgehead atoms. The van der Waals surface area contributed by atoms with Crippen molar-refractivity contribution in [3.8, 4) is 0 Å². The molecule has 0 saturated heterocycles. The molecule has 110 valence electrons. The highest BCUT2D eigenvalue weighted by molar-refractivity contribution is 6.20. The lowest BCUT2D eigenvalue weighted by molar-refractivity contribution is 0.249. The Kier molecular flexibility index (Phi) is 4.38. The first-order chi connectivity index (χ1) is 9.49. The van der Waals surface area contributed by atoms with Crippen molar-refractivity contribution < 1.29 is 0 Å². The molecule has 3 nitrogen and oxygen atoms in total. The highest BCUT2D eigenvalue weighted by Gasteiger charge is 2.32. The number of imidazole rings is 1. The molecule has 0 saturated carbocycles. The van der Waals surface area contributed by atoms with Gasteiger partial charge in [0, 0.05) is 11.2 Å². The number of rotatable bonds is 5. The third-order valence-corrected chi connectivity index (χ3v) is 4.67. The van der Waals surface area contributed by atoms with E-state index in [0.717, 1.165) is 41.9 Å². The van der Waals surface area contributed by atoms with Crippen LogP contribution in [0, 0.1) is 6.92 Å². The van der Waals surface area contributed by atoms with Crippen LogP contribution in [0.4, 0.5) is 0 Å². The van der Waals surface area contributed by atoms with Crippen molar-refractivity contribution >= 4 is 22.8 Å². The number of hydrogen-bond donors (Lipinski definition) is 0. The average Bonchev–Trinajstić information content (AvgIpc) is 2.81. The molecular formula is C16H24ClN3. The van der Waals surface area contributed by atoms with Crippen molar-refractivity contribution in [3.63, 3.8) is 0 Å². The molecule has 0 amide bonds. The molecule has 0 aromatic carbocycles. The Labute approximate surface area is 126 Å². The third kappa shape index (κ3) is 2.32. The number of hydrogen-bond acceptors (Lipinski definition) is 2. The van der Waals surface area contributed by atoms with Crippen LogP contribution < -0.4 is 0 Å².